The molecule has 0 fully saturated rings. The average molecular weight is 259 g/mol. The van der Waals surface area contributed by atoms with Crippen LogP contribution in [0.15, 0.2) is 46.3 Å². The van der Waals surface area contributed by atoms with Crippen molar-refractivity contribution in [1.29, 1.82) is 0 Å². The molecule has 0 unspecified atom stereocenters. The van der Waals surface area contributed by atoms with E-state index in [1.165, 1.54) is 30.5 Å². The number of hydrogen-bond donors (Lipinski definition) is 1. The van der Waals surface area contributed by atoms with E-state index < -0.39 is 15.7 Å². The van der Waals surface area contributed by atoms with Gasteiger partial charge in [0.05, 0.1) is 4.90 Å². The van der Waals surface area contributed by atoms with Crippen molar-refractivity contribution in [3.63, 3.8) is 0 Å². The highest BCUT2D eigenvalue weighted by Crippen LogP contribution is 2.15. The van der Waals surface area contributed by atoms with Crippen LogP contribution in [-0.2, 0) is 10.0 Å². The standard InChI is InChI=1S/C9H7ClN2O3S/c10-7-1-3-8(4-2-7)16(14,15)12-6-5-11-9(12)13/h1-6H,(H,11,13). The molecule has 0 bridgehead atoms. The minimum absolute atomic E-state index is 0.0126. The van der Waals surface area contributed by atoms with Crippen LogP contribution >= 0.6 is 11.6 Å². The summed E-state index contributed by atoms with van der Waals surface area (Å²) >= 11 is 5.65. The Hall–Kier alpha value is -1.53. The molecule has 0 aliphatic rings. The van der Waals surface area contributed by atoms with Crippen LogP contribution in [0.2, 0.25) is 5.02 Å². The highest BCUT2D eigenvalue weighted by Gasteiger charge is 2.18. The molecule has 1 N–H and O–H groups in total. The number of halogens is 1. The van der Waals surface area contributed by atoms with E-state index in [0.29, 0.717) is 9.00 Å². The lowest BCUT2D eigenvalue weighted by Gasteiger charge is -2.03. The second-order valence-electron chi connectivity index (χ2n) is 3.02. The summed E-state index contributed by atoms with van der Waals surface area (Å²) in [4.78, 5) is 13.5. The van der Waals surface area contributed by atoms with Crippen LogP contribution in [0.5, 0.6) is 0 Å². The maximum Gasteiger partial charge on any atom is 0.339 e. The Morgan fingerprint density at radius 2 is 1.81 bits per heavy atom. The minimum atomic E-state index is -3.83. The Labute approximate surface area is 96.4 Å². The first-order valence-corrected chi connectivity index (χ1v) is 6.11. The van der Waals surface area contributed by atoms with E-state index in [0.717, 1.165) is 6.20 Å². The van der Waals surface area contributed by atoms with Gasteiger partial charge in [-0.1, -0.05) is 11.6 Å². The molecule has 84 valence electrons. The van der Waals surface area contributed by atoms with Crippen molar-refractivity contribution < 1.29 is 8.42 Å². The van der Waals surface area contributed by atoms with Crippen LogP contribution in [0.25, 0.3) is 0 Å². The van der Waals surface area contributed by atoms with Crippen LogP contribution in [0.3, 0.4) is 0 Å². The summed E-state index contributed by atoms with van der Waals surface area (Å²) in [7, 11) is -3.83. The number of imidazole rings is 1. The Kier molecular flexibility index (Phi) is 2.61. The number of hydrogen-bond acceptors (Lipinski definition) is 3. The molecule has 2 aromatic rings. The largest absolute Gasteiger partial charge is 0.339 e. The third kappa shape index (κ3) is 1.77. The number of rotatable bonds is 2. The number of benzene rings is 1. The fraction of sp³-hybridized carbons (Fsp3) is 0. The first kappa shape index (κ1) is 11.0. The summed E-state index contributed by atoms with van der Waals surface area (Å²) in [5.74, 6) is 0. The van der Waals surface area contributed by atoms with Gasteiger partial charge < -0.3 is 4.98 Å². The normalized spacial score (nSPS) is 11.6. The maximum atomic E-state index is 11.9. The molecule has 0 saturated carbocycles. The fourth-order valence-electron chi connectivity index (χ4n) is 1.22. The summed E-state index contributed by atoms with van der Waals surface area (Å²) in [5.41, 5.74) is -0.699. The molecule has 1 aromatic carbocycles. The van der Waals surface area contributed by atoms with Crippen LogP contribution in [-0.4, -0.2) is 17.4 Å². The predicted octanol–water partition coefficient (Wildman–Crippen LogP) is 1.07. The van der Waals surface area contributed by atoms with Gasteiger partial charge in [0.2, 0.25) is 0 Å². The first-order chi connectivity index (χ1) is 7.51. The van der Waals surface area contributed by atoms with Crippen molar-refractivity contribution in [3.8, 4) is 0 Å². The molecule has 1 aromatic heterocycles. The van der Waals surface area contributed by atoms with Crippen molar-refractivity contribution in [3.05, 3.63) is 52.2 Å². The van der Waals surface area contributed by atoms with Crippen molar-refractivity contribution in [2.24, 2.45) is 0 Å². The maximum absolute atomic E-state index is 11.9. The van der Waals surface area contributed by atoms with Crippen molar-refractivity contribution in [1.82, 2.24) is 8.96 Å². The summed E-state index contributed by atoms with van der Waals surface area (Å²) in [6, 6.07) is 5.59. The molecule has 5 nitrogen and oxygen atoms in total. The van der Waals surface area contributed by atoms with Crippen molar-refractivity contribution in [2.75, 3.05) is 0 Å². The molecule has 0 atom stereocenters. The Bertz CT molecular complexity index is 655. The lowest BCUT2D eigenvalue weighted by Crippen LogP contribution is -2.24. The van der Waals surface area contributed by atoms with Gasteiger partial charge in [0.15, 0.2) is 0 Å². The van der Waals surface area contributed by atoms with E-state index in [9.17, 15) is 13.2 Å². The zero-order valence-corrected chi connectivity index (χ0v) is 9.49. The Morgan fingerprint density at radius 3 is 2.31 bits per heavy atom. The van der Waals surface area contributed by atoms with Gasteiger partial charge in [-0.05, 0) is 24.3 Å². The van der Waals surface area contributed by atoms with Crippen molar-refractivity contribution >= 4 is 21.6 Å². The van der Waals surface area contributed by atoms with Gasteiger partial charge in [-0.15, -0.1) is 0 Å². The van der Waals surface area contributed by atoms with Gasteiger partial charge in [-0.25, -0.2) is 13.2 Å². The monoisotopic (exact) mass is 258 g/mol. The lowest BCUT2D eigenvalue weighted by atomic mass is 10.4. The summed E-state index contributed by atoms with van der Waals surface area (Å²) < 4.78 is 24.5. The van der Waals surface area contributed by atoms with Crippen LogP contribution in [0, 0.1) is 0 Å². The van der Waals surface area contributed by atoms with Gasteiger partial charge in [-0.2, -0.15) is 3.97 Å². The van der Waals surface area contributed by atoms with E-state index in [4.69, 9.17) is 11.6 Å². The molecule has 16 heavy (non-hydrogen) atoms. The summed E-state index contributed by atoms with van der Waals surface area (Å²) in [6.45, 7) is 0. The number of aromatic nitrogens is 2. The molecule has 1 heterocycles. The smallest absolute Gasteiger partial charge is 0.312 e. The van der Waals surface area contributed by atoms with Crippen molar-refractivity contribution in [2.45, 2.75) is 4.90 Å². The number of H-pyrrole nitrogens is 1. The average Bonchev–Trinajstić information content (AvgIpc) is 2.66. The molecule has 0 saturated heterocycles. The zero-order chi connectivity index (χ0) is 11.8. The summed E-state index contributed by atoms with van der Waals surface area (Å²) in [6.07, 6.45) is 2.42. The van der Waals surface area contributed by atoms with E-state index in [-0.39, 0.29) is 4.90 Å². The minimum Gasteiger partial charge on any atom is -0.312 e. The molecule has 0 aliphatic carbocycles. The van der Waals surface area contributed by atoms with Crippen LogP contribution in [0.1, 0.15) is 0 Å². The molecule has 0 spiro atoms. The van der Waals surface area contributed by atoms with Gasteiger partial charge >= 0.3 is 5.69 Å². The number of nitrogens with zero attached hydrogens (tertiary/aromatic N) is 1. The number of aromatic amines is 1. The molecular formula is C9H7ClN2O3S. The SMILES string of the molecule is O=c1[nH]ccn1S(=O)(=O)c1ccc(Cl)cc1. The highest BCUT2D eigenvalue weighted by molar-refractivity contribution is 7.90. The molecule has 7 heteroatoms. The third-order valence-corrected chi connectivity index (χ3v) is 3.91. The number of nitrogens with one attached hydrogen (secondary N) is 1. The Balaban J connectivity index is 2.60. The molecule has 0 aliphatic heterocycles. The predicted molar refractivity (Wildman–Crippen MR) is 59.1 cm³/mol. The fourth-order valence-corrected chi connectivity index (χ4v) is 2.54. The highest BCUT2D eigenvalue weighted by atomic mass is 35.5. The van der Waals surface area contributed by atoms with E-state index >= 15 is 0 Å². The Morgan fingerprint density at radius 1 is 1.19 bits per heavy atom. The summed E-state index contributed by atoms with van der Waals surface area (Å²) in [5, 5.41) is 0.431. The van der Waals surface area contributed by atoms with E-state index in [2.05, 4.69) is 4.98 Å². The van der Waals surface area contributed by atoms with E-state index in [1.807, 2.05) is 0 Å². The van der Waals surface area contributed by atoms with E-state index in [1.54, 1.807) is 0 Å². The first-order valence-electron chi connectivity index (χ1n) is 4.29. The topological polar surface area (TPSA) is 71.9 Å². The lowest BCUT2D eigenvalue weighted by molar-refractivity contribution is 0.585. The van der Waals surface area contributed by atoms with Crippen LogP contribution in [0.4, 0.5) is 0 Å². The zero-order valence-electron chi connectivity index (χ0n) is 7.92. The van der Waals surface area contributed by atoms with Crippen LogP contribution < -0.4 is 5.69 Å². The quantitative estimate of drug-likeness (QED) is 0.876. The van der Waals surface area contributed by atoms with Gasteiger partial charge in [-0.3, -0.25) is 0 Å². The third-order valence-electron chi connectivity index (χ3n) is 1.99. The van der Waals surface area contributed by atoms with Gasteiger partial charge in [0.25, 0.3) is 10.0 Å². The second-order valence-corrected chi connectivity index (χ2v) is 5.27. The second kappa shape index (κ2) is 3.80. The van der Waals surface area contributed by atoms with Gasteiger partial charge in [0, 0.05) is 17.4 Å². The molecule has 0 radical (unpaired) electrons. The van der Waals surface area contributed by atoms with Gasteiger partial charge in [0.1, 0.15) is 0 Å². The molecule has 2 rings (SSSR count). The molecule has 0 amide bonds. The molecular weight excluding hydrogens is 252 g/mol.